The Morgan fingerprint density at radius 3 is 2.43 bits per heavy atom. The monoisotopic (exact) mass is 411 g/mol. The van der Waals surface area contributed by atoms with Crippen LogP contribution in [0.25, 0.3) is 22.0 Å². The number of aromatic nitrogens is 2. The van der Waals surface area contributed by atoms with Crippen molar-refractivity contribution in [2.45, 2.75) is 23.6 Å². The summed E-state index contributed by atoms with van der Waals surface area (Å²) in [4.78, 5) is 15.1. The zero-order valence-electron chi connectivity index (χ0n) is 16.7. The van der Waals surface area contributed by atoms with Crippen molar-refractivity contribution in [2.75, 3.05) is 11.4 Å². The van der Waals surface area contributed by atoms with Gasteiger partial charge >= 0.3 is 0 Å². The van der Waals surface area contributed by atoms with Crippen LogP contribution in [-0.2, 0) is 11.2 Å². The molecule has 0 saturated heterocycles. The molecule has 0 aliphatic carbocycles. The molecule has 0 fully saturated rings. The second-order valence-electron chi connectivity index (χ2n) is 7.39. The van der Waals surface area contributed by atoms with Gasteiger partial charge in [-0.15, -0.1) is 10.2 Å². The summed E-state index contributed by atoms with van der Waals surface area (Å²) in [5, 5.41) is 11.7. The molecule has 1 aliphatic rings. The molecule has 1 atom stereocenters. The predicted molar refractivity (Wildman–Crippen MR) is 123 cm³/mol. The second kappa shape index (κ2) is 7.92. The molecule has 0 N–H and O–H groups in total. The van der Waals surface area contributed by atoms with Crippen LogP contribution in [0.1, 0.15) is 12.5 Å². The van der Waals surface area contributed by atoms with Crippen LogP contribution < -0.4 is 4.90 Å². The van der Waals surface area contributed by atoms with Gasteiger partial charge in [-0.1, -0.05) is 84.6 Å². The number of fused-ring (bicyclic) bond motifs is 2. The van der Waals surface area contributed by atoms with E-state index in [1.54, 1.807) is 0 Å². The van der Waals surface area contributed by atoms with E-state index in [-0.39, 0.29) is 11.2 Å². The van der Waals surface area contributed by atoms with Crippen LogP contribution in [0, 0.1) is 0 Å². The van der Waals surface area contributed by atoms with Crippen molar-refractivity contribution in [1.82, 2.24) is 10.2 Å². The van der Waals surface area contributed by atoms with Crippen molar-refractivity contribution in [3.63, 3.8) is 0 Å². The summed E-state index contributed by atoms with van der Waals surface area (Å²) in [6, 6.07) is 26.4. The van der Waals surface area contributed by atoms with Crippen molar-refractivity contribution < 1.29 is 4.79 Å². The lowest BCUT2D eigenvalue weighted by molar-refractivity contribution is -0.117. The average Bonchev–Trinajstić information content (AvgIpc) is 3.23. The smallest absolute Gasteiger partial charge is 0.240 e. The molecular weight excluding hydrogens is 390 g/mol. The van der Waals surface area contributed by atoms with Gasteiger partial charge in [0.05, 0.1) is 5.25 Å². The molecule has 0 radical (unpaired) electrons. The first kappa shape index (κ1) is 18.8. The van der Waals surface area contributed by atoms with Crippen LogP contribution in [0.2, 0.25) is 0 Å². The Kier molecular flexibility index (Phi) is 4.97. The van der Waals surface area contributed by atoms with Gasteiger partial charge < -0.3 is 4.90 Å². The summed E-state index contributed by atoms with van der Waals surface area (Å²) < 4.78 is 0. The Morgan fingerprint density at radius 1 is 0.900 bits per heavy atom. The molecule has 2 heterocycles. The molecule has 0 unspecified atom stereocenters. The first-order valence-corrected chi connectivity index (χ1v) is 11.0. The van der Waals surface area contributed by atoms with Gasteiger partial charge in [0.1, 0.15) is 10.7 Å². The third-order valence-corrected chi connectivity index (χ3v) is 6.57. The first-order chi connectivity index (χ1) is 14.7. The standard InChI is InChI=1S/C25H21N3OS/c1-17(25(29)28-16-15-18-9-5-8-14-22(18)28)30-24-21-13-7-6-12-20(21)23(26-27-24)19-10-3-2-4-11-19/h2-14,17H,15-16H2,1H3/t17-/m0/s1. The lowest BCUT2D eigenvalue weighted by Gasteiger charge is -2.21. The average molecular weight is 412 g/mol. The Hall–Kier alpha value is -3.18. The molecule has 30 heavy (non-hydrogen) atoms. The number of para-hydroxylation sites is 1. The fraction of sp³-hybridized carbons (Fsp3) is 0.160. The number of hydrogen-bond donors (Lipinski definition) is 0. The van der Waals surface area contributed by atoms with Gasteiger partial charge in [0, 0.05) is 28.6 Å². The molecular formula is C25H21N3OS. The van der Waals surface area contributed by atoms with Crippen molar-refractivity contribution in [3.05, 3.63) is 84.4 Å². The highest BCUT2D eigenvalue weighted by molar-refractivity contribution is 8.00. The van der Waals surface area contributed by atoms with Crippen molar-refractivity contribution in [3.8, 4) is 11.3 Å². The number of anilines is 1. The summed E-state index contributed by atoms with van der Waals surface area (Å²) in [5.41, 5.74) is 4.17. The number of rotatable bonds is 4. The summed E-state index contributed by atoms with van der Waals surface area (Å²) in [6.45, 7) is 2.69. The number of carbonyl (C=O) groups is 1. The highest BCUT2D eigenvalue weighted by Gasteiger charge is 2.29. The summed E-state index contributed by atoms with van der Waals surface area (Å²) in [6.07, 6.45) is 0.911. The van der Waals surface area contributed by atoms with Gasteiger partial charge in [-0.25, -0.2) is 0 Å². The maximum Gasteiger partial charge on any atom is 0.240 e. The number of nitrogens with zero attached hydrogens (tertiary/aromatic N) is 3. The molecule has 0 bridgehead atoms. The van der Waals surface area contributed by atoms with Crippen LogP contribution in [0.15, 0.2) is 83.9 Å². The summed E-state index contributed by atoms with van der Waals surface area (Å²) >= 11 is 1.48. The largest absolute Gasteiger partial charge is 0.311 e. The quantitative estimate of drug-likeness (QED) is 0.424. The predicted octanol–water partition coefficient (Wildman–Crippen LogP) is 5.37. The van der Waals surface area contributed by atoms with Gasteiger partial charge in [0.2, 0.25) is 5.91 Å². The molecule has 1 amide bonds. The van der Waals surface area contributed by atoms with E-state index < -0.39 is 0 Å². The van der Waals surface area contributed by atoms with E-state index in [2.05, 4.69) is 28.4 Å². The van der Waals surface area contributed by atoms with Crippen LogP contribution in [-0.4, -0.2) is 27.9 Å². The topological polar surface area (TPSA) is 46.1 Å². The number of thioether (sulfide) groups is 1. The first-order valence-electron chi connectivity index (χ1n) is 10.1. The van der Waals surface area contributed by atoms with Gasteiger partial charge in [-0.3, -0.25) is 4.79 Å². The third kappa shape index (κ3) is 3.35. The fourth-order valence-corrected chi connectivity index (χ4v) is 4.94. The highest BCUT2D eigenvalue weighted by atomic mass is 32.2. The number of benzene rings is 3. The maximum atomic E-state index is 13.2. The minimum Gasteiger partial charge on any atom is -0.311 e. The minimum atomic E-state index is -0.253. The lowest BCUT2D eigenvalue weighted by atomic mass is 10.1. The van der Waals surface area contributed by atoms with Gasteiger partial charge in [-0.05, 0) is 25.0 Å². The summed E-state index contributed by atoms with van der Waals surface area (Å²) in [5.74, 6) is 0.114. The SMILES string of the molecule is C[C@H](Sc1nnc(-c2ccccc2)c2ccccc12)C(=O)N1CCc2ccccc21. The van der Waals surface area contributed by atoms with E-state index in [0.29, 0.717) is 0 Å². The Bertz CT molecular complexity index is 1230. The third-order valence-electron chi connectivity index (χ3n) is 5.49. The minimum absolute atomic E-state index is 0.114. The molecule has 4 aromatic rings. The van der Waals surface area contributed by atoms with Crippen LogP contribution in [0.4, 0.5) is 5.69 Å². The van der Waals surface area contributed by atoms with E-state index in [9.17, 15) is 4.79 Å². The van der Waals surface area contributed by atoms with Gasteiger partial charge in [0.25, 0.3) is 0 Å². The number of carbonyl (C=O) groups excluding carboxylic acids is 1. The van der Waals surface area contributed by atoms with Gasteiger partial charge in [-0.2, -0.15) is 0 Å². The number of hydrogen-bond acceptors (Lipinski definition) is 4. The molecule has 5 heteroatoms. The molecule has 5 rings (SSSR count). The van der Waals surface area contributed by atoms with Crippen molar-refractivity contribution in [2.24, 2.45) is 0 Å². The Morgan fingerprint density at radius 2 is 1.60 bits per heavy atom. The van der Waals surface area contributed by atoms with Crippen LogP contribution in [0.3, 0.4) is 0 Å². The maximum absolute atomic E-state index is 13.2. The molecule has 0 saturated carbocycles. The molecule has 1 aromatic heterocycles. The number of amides is 1. The zero-order valence-corrected chi connectivity index (χ0v) is 17.5. The van der Waals surface area contributed by atoms with E-state index in [4.69, 9.17) is 0 Å². The fourth-order valence-electron chi connectivity index (χ4n) is 3.98. The van der Waals surface area contributed by atoms with Gasteiger partial charge in [0.15, 0.2) is 0 Å². The Balaban J connectivity index is 1.45. The van der Waals surface area contributed by atoms with Crippen molar-refractivity contribution in [1.29, 1.82) is 0 Å². The molecule has 0 spiro atoms. The second-order valence-corrected chi connectivity index (χ2v) is 8.72. The molecule has 1 aliphatic heterocycles. The molecule has 4 nitrogen and oxygen atoms in total. The Labute approximate surface area is 179 Å². The molecule has 148 valence electrons. The molecule has 3 aromatic carbocycles. The van der Waals surface area contributed by atoms with E-state index in [0.717, 1.165) is 45.7 Å². The zero-order chi connectivity index (χ0) is 20.5. The van der Waals surface area contributed by atoms with Crippen molar-refractivity contribution >= 4 is 34.1 Å². The van der Waals surface area contributed by atoms with E-state index in [1.807, 2.05) is 72.5 Å². The van der Waals surface area contributed by atoms with Crippen LogP contribution in [0.5, 0.6) is 0 Å². The highest BCUT2D eigenvalue weighted by Crippen LogP contribution is 2.35. The summed E-state index contributed by atoms with van der Waals surface area (Å²) in [7, 11) is 0. The van der Waals surface area contributed by atoms with E-state index >= 15 is 0 Å². The lowest BCUT2D eigenvalue weighted by Crippen LogP contribution is -2.35. The van der Waals surface area contributed by atoms with E-state index in [1.165, 1.54) is 17.3 Å². The normalized spacial score (nSPS) is 14.0. The van der Waals surface area contributed by atoms with Crippen LogP contribution >= 0.6 is 11.8 Å².